The zero-order valence-electron chi connectivity index (χ0n) is 11.9. The van der Waals surface area contributed by atoms with Gasteiger partial charge in [-0.3, -0.25) is 4.68 Å². The van der Waals surface area contributed by atoms with Crippen molar-refractivity contribution in [2.24, 2.45) is 0 Å². The summed E-state index contributed by atoms with van der Waals surface area (Å²) in [5.41, 5.74) is 4.03. The van der Waals surface area contributed by atoms with Gasteiger partial charge in [-0.05, 0) is 30.4 Å². The minimum atomic E-state index is 0.158. The summed E-state index contributed by atoms with van der Waals surface area (Å²) in [5, 5.41) is 4.50. The number of benzene rings is 1. The standard InChI is InChI=1S/C16H22N2/c1-12-6-8-14(9-7-12)13(2)18-11-15(10-17-18)16(3,4)5/h6-11,13H,1-5H3/t13-/m0/s1. The Labute approximate surface area is 110 Å². The molecule has 2 heteroatoms. The fourth-order valence-electron chi connectivity index (χ4n) is 1.93. The zero-order chi connectivity index (χ0) is 13.3. The van der Waals surface area contributed by atoms with Crippen LogP contribution in [0.25, 0.3) is 0 Å². The van der Waals surface area contributed by atoms with Crippen LogP contribution >= 0.6 is 0 Å². The van der Waals surface area contributed by atoms with E-state index in [9.17, 15) is 0 Å². The number of rotatable bonds is 2. The molecular weight excluding hydrogens is 220 g/mol. The first kappa shape index (κ1) is 12.9. The highest BCUT2D eigenvalue weighted by atomic mass is 15.3. The topological polar surface area (TPSA) is 17.8 Å². The smallest absolute Gasteiger partial charge is 0.0740 e. The molecule has 2 rings (SSSR count). The lowest BCUT2D eigenvalue weighted by Crippen LogP contribution is -2.11. The Bertz CT molecular complexity index is 515. The molecule has 0 fully saturated rings. The van der Waals surface area contributed by atoms with Gasteiger partial charge in [0.25, 0.3) is 0 Å². The fraction of sp³-hybridized carbons (Fsp3) is 0.438. The van der Waals surface area contributed by atoms with E-state index >= 15 is 0 Å². The van der Waals surface area contributed by atoms with Crippen molar-refractivity contribution in [3.05, 3.63) is 53.3 Å². The van der Waals surface area contributed by atoms with E-state index < -0.39 is 0 Å². The van der Waals surface area contributed by atoms with Crippen LogP contribution < -0.4 is 0 Å². The van der Waals surface area contributed by atoms with Crippen molar-refractivity contribution in [1.29, 1.82) is 0 Å². The second-order valence-corrected chi connectivity index (χ2v) is 6.05. The molecule has 0 radical (unpaired) electrons. The van der Waals surface area contributed by atoms with Gasteiger partial charge < -0.3 is 0 Å². The molecule has 0 N–H and O–H groups in total. The van der Waals surface area contributed by atoms with Gasteiger partial charge in [-0.1, -0.05) is 50.6 Å². The molecule has 0 spiro atoms. The lowest BCUT2D eigenvalue weighted by atomic mass is 9.90. The molecule has 18 heavy (non-hydrogen) atoms. The molecule has 1 aromatic carbocycles. The van der Waals surface area contributed by atoms with Crippen LogP contribution in [0.1, 0.15) is 50.4 Å². The van der Waals surface area contributed by atoms with Gasteiger partial charge in [0.05, 0.1) is 12.2 Å². The maximum absolute atomic E-state index is 4.50. The first-order chi connectivity index (χ1) is 8.38. The highest BCUT2D eigenvalue weighted by Gasteiger charge is 2.17. The fourth-order valence-corrected chi connectivity index (χ4v) is 1.93. The lowest BCUT2D eigenvalue weighted by molar-refractivity contribution is 0.556. The van der Waals surface area contributed by atoms with E-state index in [0.29, 0.717) is 0 Å². The van der Waals surface area contributed by atoms with Gasteiger partial charge in [0.1, 0.15) is 0 Å². The van der Waals surface area contributed by atoms with Crippen molar-refractivity contribution in [1.82, 2.24) is 9.78 Å². The van der Waals surface area contributed by atoms with Crippen molar-refractivity contribution in [3.63, 3.8) is 0 Å². The van der Waals surface area contributed by atoms with Crippen LogP contribution in [0.4, 0.5) is 0 Å². The third kappa shape index (κ3) is 2.63. The van der Waals surface area contributed by atoms with E-state index in [-0.39, 0.29) is 11.5 Å². The molecule has 2 nitrogen and oxygen atoms in total. The summed E-state index contributed by atoms with van der Waals surface area (Å²) >= 11 is 0. The van der Waals surface area contributed by atoms with E-state index in [4.69, 9.17) is 0 Å². The van der Waals surface area contributed by atoms with Crippen molar-refractivity contribution in [2.45, 2.75) is 46.1 Å². The Morgan fingerprint density at radius 2 is 1.72 bits per heavy atom. The zero-order valence-corrected chi connectivity index (χ0v) is 11.9. The third-order valence-corrected chi connectivity index (χ3v) is 3.42. The maximum atomic E-state index is 4.50. The largest absolute Gasteiger partial charge is 0.265 e. The Hall–Kier alpha value is -1.57. The van der Waals surface area contributed by atoms with Crippen molar-refractivity contribution in [2.75, 3.05) is 0 Å². The molecule has 0 aliphatic carbocycles. The van der Waals surface area contributed by atoms with Crippen LogP contribution in [0, 0.1) is 6.92 Å². The van der Waals surface area contributed by atoms with Crippen molar-refractivity contribution in [3.8, 4) is 0 Å². The van der Waals surface area contributed by atoms with E-state index in [2.05, 4.69) is 70.2 Å². The van der Waals surface area contributed by atoms with Gasteiger partial charge in [-0.2, -0.15) is 5.10 Å². The Kier molecular flexibility index (Phi) is 3.29. The Balaban J connectivity index is 2.26. The molecule has 0 bridgehead atoms. The normalized spacial score (nSPS) is 13.6. The molecule has 96 valence electrons. The molecule has 1 aromatic heterocycles. The van der Waals surface area contributed by atoms with Crippen molar-refractivity contribution < 1.29 is 0 Å². The monoisotopic (exact) mass is 242 g/mol. The maximum Gasteiger partial charge on any atom is 0.0740 e. The summed E-state index contributed by atoms with van der Waals surface area (Å²) in [5.74, 6) is 0. The van der Waals surface area contributed by atoms with Crippen LogP contribution in [0.2, 0.25) is 0 Å². The van der Waals surface area contributed by atoms with Gasteiger partial charge in [0, 0.05) is 6.20 Å². The number of hydrogen-bond donors (Lipinski definition) is 0. The predicted octanol–water partition coefficient (Wildman–Crippen LogP) is 4.10. The second kappa shape index (κ2) is 4.60. The molecule has 0 aliphatic rings. The highest BCUT2D eigenvalue weighted by molar-refractivity contribution is 5.25. The molecule has 0 unspecified atom stereocenters. The number of aromatic nitrogens is 2. The van der Waals surface area contributed by atoms with Crippen LogP contribution in [0.5, 0.6) is 0 Å². The van der Waals surface area contributed by atoms with Gasteiger partial charge >= 0.3 is 0 Å². The summed E-state index contributed by atoms with van der Waals surface area (Å²) in [6.45, 7) is 10.9. The average Bonchev–Trinajstić information content (AvgIpc) is 2.78. The molecule has 0 amide bonds. The van der Waals surface area contributed by atoms with E-state index in [1.54, 1.807) is 0 Å². The van der Waals surface area contributed by atoms with E-state index in [1.165, 1.54) is 16.7 Å². The van der Waals surface area contributed by atoms with Gasteiger partial charge in [0.2, 0.25) is 0 Å². The van der Waals surface area contributed by atoms with Crippen molar-refractivity contribution >= 4 is 0 Å². The molecule has 1 heterocycles. The average molecular weight is 242 g/mol. The lowest BCUT2D eigenvalue weighted by Gasteiger charge is -2.16. The molecule has 0 saturated heterocycles. The number of aryl methyl sites for hydroxylation is 1. The molecule has 2 aromatic rings. The minimum absolute atomic E-state index is 0.158. The summed E-state index contributed by atoms with van der Waals surface area (Å²) in [6.07, 6.45) is 4.13. The first-order valence-electron chi connectivity index (χ1n) is 6.49. The summed E-state index contributed by atoms with van der Waals surface area (Å²) in [4.78, 5) is 0. The Morgan fingerprint density at radius 3 is 2.22 bits per heavy atom. The highest BCUT2D eigenvalue weighted by Crippen LogP contribution is 2.24. The molecule has 0 saturated carbocycles. The number of hydrogen-bond acceptors (Lipinski definition) is 1. The van der Waals surface area contributed by atoms with Crippen LogP contribution in [0.15, 0.2) is 36.7 Å². The first-order valence-corrected chi connectivity index (χ1v) is 6.49. The molecule has 0 aliphatic heterocycles. The van der Waals surface area contributed by atoms with Gasteiger partial charge in [-0.15, -0.1) is 0 Å². The minimum Gasteiger partial charge on any atom is -0.265 e. The van der Waals surface area contributed by atoms with E-state index in [0.717, 1.165) is 0 Å². The second-order valence-electron chi connectivity index (χ2n) is 6.05. The molecular formula is C16H22N2. The van der Waals surface area contributed by atoms with E-state index in [1.807, 2.05) is 10.9 Å². The summed E-state index contributed by atoms with van der Waals surface area (Å²) < 4.78 is 2.05. The van der Waals surface area contributed by atoms with Gasteiger partial charge in [0.15, 0.2) is 0 Å². The van der Waals surface area contributed by atoms with Crippen LogP contribution in [-0.2, 0) is 5.41 Å². The quantitative estimate of drug-likeness (QED) is 0.775. The summed E-state index contributed by atoms with van der Waals surface area (Å²) in [6, 6.07) is 8.94. The SMILES string of the molecule is Cc1ccc([C@H](C)n2cc(C(C)(C)C)cn2)cc1. The molecule has 1 atom stereocenters. The van der Waals surface area contributed by atoms with Gasteiger partial charge in [-0.25, -0.2) is 0 Å². The summed E-state index contributed by atoms with van der Waals surface area (Å²) in [7, 11) is 0. The third-order valence-electron chi connectivity index (χ3n) is 3.42. The van der Waals surface area contributed by atoms with Crippen LogP contribution in [-0.4, -0.2) is 9.78 Å². The predicted molar refractivity (Wildman–Crippen MR) is 75.9 cm³/mol. The Morgan fingerprint density at radius 1 is 1.11 bits per heavy atom. The van der Waals surface area contributed by atoms with Crippen LogP contribution in [0.3, 0.4) is 0 Å². The number of nitrogens with zero attached hydrogens (tertiary/aromatic N) is 2.